The van der Waals surface area contributed by atoms with Gasteiger partial charge < -0.3 is 10.6 Å². The monoisotopic (exact) mass is 324 g/mol. The summed E-state index contributed by atoms with van der Waals surface area (Å²) in [5.74, 6) is -2.62. The Balaban J connectivity index is 2.93. The summed E-state index contributed by atoms with van der Waals surface area (Å²) < 4.78 is 59.8. The zero-order valence-corrected chi connectivity index (χ0v) is 12.0. The van der Waals surface area contributed by atoms with Crippen LogP contribution in [0.2, 0.25) is 0 Å². The van der Waals surface area contributed by atoms with Crippen LogP contribution in [0.1, 0.15) is 5.56 Å². The smallest absolute Gasteiger partial charge is 0.399 e. The summed E-state index contributed by atoms with van der Waals surface area (Å²) in [4.78, 5) is 11.8. The summed E-state index contributed by atoms with van der Waals surface area (Å²) in [6.45, 7) is -0.898. The van der Waals surface area contributed by atoms with Gasteiger partial charge in [0.2, 0.25) is 0 Å². The van der Waals surface area contributed by atoms with Gasteiger partial charge in [-0.3, -0.25) is 4.79 Å². The number of benzene rings is 1. The Bertz CT molecular complexity index is 614. The number of nitrogens with zero attached hydrogens (tertiary/aromatic N) is 1. The first-order valence-electron chi connectivity index (χ1n) is 5.87. The Hall–Kier alpha value is -1.77. The molecule has 0 atom stereocenters. The highest BCUT2D eigenvalue weighted by Crippen LogP contribution is 2.20. The Kier molecular flexibility index (Phi) is 5.21. The number of halogens is 3. The molecule has 118 valence electrons. The molecular weight excluding hydrogens is 309 g/mol. The molecule has 0 bridgehead atoms. The van der Waals surface area contributed by atoms with E-state index in [1.807, 2.05) is 0 Å². The minimum absolute atomic E-state index is 0.343. The number of nitrogen functional groups attached to an aromatic ring is 1. The van der Waals surface area contributed by atoms with Crippen molar-refractivity contribution in [3.63, 3.8) is 0 Å². The van der Waals surface area contributed by atoms with Gasteiger partial charge in [-0.05, 0) is 17.7 Å². The van der Waals surface area contributed by atoms with E-state index in [4.69, 9.17) is 5.73 Å². The SMILES string of the molecule is CS(=O)(=O)CCN(Cc1cccc(N)c1)C(=O)C(F)(F)F. The Morgan fingerprint density at radius 2 is 1.95 bits per heavy atom. The number of hydrogen-bond donors (Lipinski definition) is 1. The lowest BCUT2D eigenvalue weighted by Crippen LogP contribution is -2.42. The second-order valence-corrected chi connectivity index (χ2v) is 6.86. The van der Waals surface area contributed by atoms with Crippen molar-refractivity contribution in [3.8, 4) is 0 Å². The third-order valence-corrected chi connectivity index (χ3v) is 3.51. The van der Waals surface area contributed by atoms with Gasteiger partial charge in [0.05, 0.1) is 5.75 Å². The number of sulfone groups is 1. The van der Waals surface area contributed by atoms with Crippen molar-refractivity contribution < 1.29 is 26.4 Å². The van der Waals surface area contributed by atoms with Crippen molar-refractivity contribution in [2.45, 2.75) is 12.7 Å². The van der Waals surface area contributed by atoms with Crippen molar-refractivity contribution in [3.05, 3.63) is 29.8 Å². The van der Waals surface area contributed by atoms with Gasteiger partial charge in [-0.15, -0.1) is 0 Å². The number of carbonyl (C=O) groups excluding carboxylic acids is 1. The van der Waals surface area contributed by atoms with Crippen molar-refractivity contribution >= 4 is 21.4 Å². The fourth-order valence-corrected chi connectivity index (χ4v) is 2.17. The number of hydrogen-bond acceptors (Lipinski definition) is 4. The van der Waals surface area contributed by atoms with Crippen LogP contribution in [0.25, 0.3) is 0 Å². The largest absolute Gasteiger partial charge is 0.471 e. The molecule has 0 aliphatic heterocycles. The predicted molar refractivity (Wildman–Crippen MR) is 72.0 cm³/mol. The third-order valence-electron chi connectivity index (χ3n) is 2.59. The molecule has 1 rings (SSSR count). The highest BCUT2D eigenvalue weighted by atomic mass is 32.2. The minimum Gasteiger partial charge on any atom is -0.399 e. The van der Waals surface area contributed by atoms with Crippen LogP contribution in [-0.2, 0) is 21.2 Å². The van der Waals surface area contributed by atoms with Gasteiger partial charge in [-0.1, -0.05) is 12.1 Å². The summed E-state index contributed by atoms with van der Waals surface area (Å²) in [5, 5.41) is 0. The first-order valence-corrected chi connectivity index (χ1v) is 7.93. The first-order chi connectivity index (χ1) is 9.49. The highest BCUT2D eigenvalue weighted by Gasteiger charge is 2.42. The van der Waals surface area contributed by atoms with Crippen LogP contribution in [0.4, 0.5) is 18.9 Å². The Morgan fingerprint density at radius 1 is 1.33 bits per heavy atom. The zero-order chi connectivity index (χ0) is 16.3. The molecule has 0 aliphatic carbocycles. The molecule has 0 spiro atoms. The van der Waals surface area contributed by atoms with Gasteiger partial charge in [0.1, 0.15) is 9.84 Å². The molecule has 0 radical (unpaired) electrons. The minimum atomic E-state index is -5.06. The van der Waals surface area contributed by atoms with Crippen LogP contribution in [0.3, 0.4) is 0 Å². The second-order valence-electron chi connectivity index (χ2n) is 4.60. The predicted octanol–water partition coefficient (Wildman–Crippen LogP) is 1.20. The van der Waals surface area contributed by atoms with Crippen molar-refractivity contribution in [2.75, 3.05) is 24.3 Å². The number of carbonyl (C=O) groups is 1. The van der Waals surface area contributed by atoms with E-state index in [-0.39, 0.29) is 6.54 Å². The zero-order valence-electron chi connectivity index (χ0n) is 11.2. The summed E-state index contributed by atoms with van der Waals surface area (Å²) in [6.07, 6.45) is -4.17. The van der Waals surface area contributed by atoms with E-state index in [1.165, 1.54) is 18.2 Å². The molecule has 9 heteroatoms. The fraction of sp³-hybridized carbons (Fsp3) is 0.417. The molecule has 0 unspecified atom stereocenters. The van der Waals surface area contributed by atoms with Crippen molar-refractivity contribution in [1.82, 2.24) is 4.90 Å². The Labute approximate surface area is 120 Å². The highest BCUT2D eigenvalue weighted by molar-refractivity contribution is 7.90. The topological polar surface area (TPSA) is 80.5 Å². The molecule has 1 amide bonds. The van der Waals surface area contributed by atoms with Gasteiger partial charge >= 0.3 is 12.1 Å². The van der Waals surface area contributed by atoms with Gasteiger partial charge in [0, 0.05) is 25.0 Å². The average Bonchev–Trinajstić information content (AvgIpc) is 2.31. The molecule has 0 aromatic heterocycles. The molecule has 0 saturated carbocycles. The molecule has 0 fully saturated rings. The number of rotatable bonds is 5. The quantitative estimate of drug-likeness (QED) is 0.826. The normalized spacial score (nSPS) is 12.2. The van der Waals surface area contributed by atoms with E-state index >= 15 is 0 Å². The molecule has 0 saturated heterocycles. The summed E-state index contributed by atoms with van der Waals surface area (Å²) >= 11 is 0. The van der Waals surface area contributed by atoms with Crippen LogP contribution in [-0.4, -0.2) is 44.0 Å². The second kappa shape index (κ2) is 6.33. The van der Waals surface area contributed by atoms with Crippen LogP contribution >= 0.6 is 0 Å². The number of amides is 1. The Morgan fingerprint density at radius 3 is 2.43 bits per heavy atom. The van der Waals surface area contributed by atoms with Crippen LogP contribution in [0.15, 0.2) is 24.3 Å². The van der Waals surface area contributed by atoms with Gasteiger partial charge in [-0.25, -0.2) is 8.42 Å². The third kappa shape index (κ3) is 6.03. The first kappa shape index (κ1) is 17.3. The maximum Gasteiger partial charge on any atom is 0.471 e. The number of nitrogens with two attached hydrogens (primary N) is 1. The lowest BCUT2D eigenvalue weighted by molar-refractivity contribution is -0.185. The van der Waals surface area contributed by atoms with E-state index in [0.717, 1.165) is 6.26 Å². The molecule has 0 heterocycles. The summed E-state index contributed by atoms with van der Waals surface area (Å²) in [7, 11) is -3.48. The molecule has 21 heavy (non-hydrogen) atoms. The van der Waals surface area contributed by atoms with Crippen LogP contribution in [0, 0.1) is 0 Å². The van der Waals surface area contributed by atoms with Crippen molar-refractivity contribution in [1.29, 1.82) is 0 Å². The van der Waals surface area contributed by atoms with Gasteiger partial charge in [0.15, 0.2) is 0 Å². The maximum atomic E-state index is 12.5. The number of anilines is 1. The average molecular weight is 324 g/mol. The summed E-state index contributed by atoms with van der Waals surface area (Å²) in [5.41, 5.74) is 6.25. The fourth-order valence-electron chi connectivity index (χ4n) is 1.62. The molecule has 1 aromatic rings. The van der Waals surface area contributed by atoms with E-state index in [9.17, 15) is 26.4 Å². The van der Waals surface area contributed by atoms with Crippen LogP contribution in [0.5, 0.6) is 0 Å². The number of alkyl halides is 3. The molecule has 5 nitrogen and oxygen atoms in total. The van der Waals surface area contributed by atoms with E-state index in [1.54, 1.807) is 6.07 Å². The van der Waals surface area contributed by atoms with Crippen LogP contribution < -0.4 is 5.73 Å². The van der Waals surface area contributed by atoms with Crippen molar-refractivity contribution in [2.24, 2.45) is 0 Å². The van der Waals surface area contributed by atoms with E-state index in [0.29, 0.717) is 16.2 Å². The molecule has 0 aliphatic rings. The van der Waals surface area contributed by atoms with E-state index < -0.39 is 34.2 Å². The molecule has 2 N–H and O–H groups in total. The lowest BCUT2D eigenvalue weighted by atomic mass is 10.2. The van der Waals surface area contributed by atoms with Gasteiger partial charge in [-0.2, -0.15) is 13.2 Å². The standard InChI is InChI=1S/C12H15F3N2O3S/c1-21(19,20)6-5-17(11(18)12(13,14)15)8-9-3-2-4-10(16)7-9/h2-4,7H,5-6,8,16H2,1H3. The lowest BCUT2D eigenvalue weighted by Gasteiger charge is -2.23. The molecular formula is C12H15F3N2O3S. The van der Waals surface area contributed by atoms with E-state index in [2.05, 4.69) is 0 Å². The maximum absolute atomic E-state index is 12.5. The van der Waals surface area contributed by atoms with Gasteiger partial charge in [0.25, 0.3) is 0 Å². The summed E-state index contributed by atoms with van der Waals surface area (Å²) in [6, 6.07) is 6.03. The molecule has 1 aromatic carbocycles.